The van der Waals surface area contributed by atoms with Crippen LogP contribution in [0.15, 0.2) is 46.0 Å². The lowest BCUT2D eigenvalue weighted by molar-refractivity contribution is -0.383. The summed E-state index contributed by atoms with van der Waals surface area (Å²) in [5.74, 6) is -0.425. The molecule has 2 heterocycles. The van der Waals surface area contributed by atoms with Crippen LogP contribution >= 0.6 is 11.6 Å². The molecule has 27 heavy (non-hydrogen) atoms. The number of pyridine rings is 1. The van der Waals surface area contributed by atoms with E-state index in [-0.39, 0.29) is 29.3 Å². The molecule has 11 heteroatoms. The molecule has 0 spiro atoms. The first-order valence-corrected chi connectivity index (χ1v) is 8.07. The summed E-state index contributed by atoms with van der Waals surface area (Å²) in [4.78, 5) is 52.7. The number of anilines is 1. The fraction of sp³-hybridized carbons (Fsp3) is 0.125. The quantitative estimate of drug-likeness (QED) is 0.294. The van der Waals surface area contributed by atoms with Gasteiger partial charge in [0.2, 0.25) is 5.91 Å². The minimum absolute atomic E-state index is 0.187. The molecule has 2 aromatic heterocycles. The average Bonchev–Trinajstić information content (AvgIpc) is 2.62. The standard InChI is InChI=1S/C16H12ClN5O5/c17-11-8-10(22(26)27)13-14(19-11)20-15(24)16(25)21(13)7-6-12(23)18-9-4-2-1-3-5-9/h1-5,8H,6-7H2,(H,18,23)(H,19,20,24). The Hall–Kier alpha value is -3.53. The van der Waals surface area contributed by atoms with Crippen LogP contribution in [0, 0.1) is 10.1 Å². The third kappa shape index (κ3) is 3.85. The minimum atomic E-state index is -1.03. The predicted octanol–water partition coefficient (Wildman–Crippen LogP) is 1.68. The van der Waals surface area contributed by atoms with Gasteiger partial charge in [-0.2, -0.15) is 0 Å². The number of nitrogens with one attached hydrogen (secondary N) is 2. The van der Waals surface area contributed by atoms with Gasteiger partial charge in [-0.3, -0.25) is 29.1 Å². The average molecular weight is 390 g/mol. The molecule has 1 amide bonds. The monoisotopic (exact) mass is 389 g/mol. The molecule has 0 atom stereocenters. The van der Waals surface area contributed by atoms with Crippen LogP contribution in [0.5, 0.6) is 0 Å². The first-order valence-electron chi connectivity index (χ1n) is 7.69. The molecule has 3 aromatic rings. The van der Waals surface area contributed by atoms with Gasteiger partial charge in [0.25, 0.3) is 5.69 Å². The second-order valence-electron chi connectivity index (χ2n) is 5.49. The van der Waals surface area contributed by atoms with Gasteiger partial charge < -0.3 is 10.3 Å². The van der Waals surface area contributed by atoms with Crippen molar-refractivity contribution in [2.24, 2.45) is 0 Å². The molecular formula is C16H12ClN5O5. The van der Waals surface area contributed by atoms with Crippen molar-refractivity contribution in [1.82, 2.24) is 14.5 Å². The summed E-state index contributed by atoms with van der Waals surface area (Å²) in [6.07, 6.45) is -0.187. The van der Waals surface area contributed by atoms with Gasteiger partial charge in [-0.1, -0.05) is 29.8 Å². The Morgan fingerprint density at radius 1 is 1.30 bits per heavy atom. The normalized spacial score (nSPS) is 10.7. The molecule has 3 rings (SSSR count). The molecule has 138 valence electrons. The molecular weight excluding hydrogens is 378 g/mol. The number of amides is 1. The number of aryl methyl sites for hydroxylation is 1. The van der Waals surface area contributed by atoms with E-state index in [1.165, 1.54) is 0 Å². The van der Waals surface area contributed by atoms with Crippen molar-refractivity contribution in [3.05, 3.63) is 72.4 Å². The van der Waals surface area contributed by atoms with Gasteiger partial charge in [-0.25, -0.2) is 4.98 Å². The maximum Gasteiger partial charge on any atom is 0.317 e. The van der Waals surface area contributed by atoms with E-state index in [1.807, 2.05) is 0 Å². The second-order valence-corrected chi connectivity index (χ2v) is 5.88. The Balaban J connectivity index is 1.99. The van der Waals surface area contributed by atoms with Crippen molar-refractivity contribution in [1.29, 1.82) is 0 Å². The number of H-pyrrole nitrogens is 1. The number of carbonyl (C=O) groups excluding carboxylic acids is 1. The Labute approximate surface area is 155 Å². The maximum atomic E-state index is 12.2. The van der Waals surface area contributed by atoms with E-state index in [9.17, 15) is 24.5 Å². The Morgan fingerprint density at radius 3 is 2.67 bits per heavy atom. The number of rotatable bonds is 5. The third-order valence-corrected chi connectivity index (χ3v) is 3.89. The summed E-state index contributed by atoms with van der Waals surface area (Å²) in [6, 6.07) is 9.61. The van der Waals surface area contributed by atoms with E-state index >= 15 is 0 Å². The molecule has 1 aromatic carbocycles. The molecule has 0 saturated carbocycles. The van der Waals surface area contributed by atoms with Gasteiger partial charge in [0.15, 0.2) is 11.2 Å². The first-order chi connectivity index (χ1) is 12.9. The lowest BCUT2D eigenvalue weighted by Gasteiger charge is -2.10. The molecule has 10 nitrogen and oxygen atoms in total. The van der Waals surface area contributed by atoms with Crippen LogP contribution in [0.4, 0.5) is 11.4 Å². The van der Waals surface area contributed by atoms with Crippen LogP contribution in [-0.2, 0) is 11.3 Å². The topological polar surface area (TPSA) is 140 Å². The van der Waals surface area contributed by atoms with Crippen LogP contribution in [-0.4, -0.2) is 25.4 Å². The molecule has 2 N–H and O–H groups in total. The lowest BCUT2D eigenvalue weighted by atomic mass is 10.3. The summed E-state index contributed by atoms with van der Waals surface area (Å²) in [5, 5.41) is 13.7. The number of benzene rings is 1. The van der Waals surface area contributed by atoms with Crippen molar-refractivity contribution >= 4 is 40.0 Å². The lowest BCUT2D eigenvalue weighted by Crippen LogP contribution is -2.37. The van der Waals surface area contributed by atoms with Crippen molar-refractivity contribution in [2.75, 3.05) is 5.32 Å². The largest absolute Gasteiger partial charge is 0.326 e. The van der Waals surface area contributed by atoms with Crippen molar-refractivity contribution in [2.45, 2.75) is 13.0 Å². The molecule has 0 fully saturated rings. The summed E-state index contributed by atoms with van der Waals surface area (Å²) >= 11 is 5.74. The zero-order valence-corrected chi connectivity index (χ0v) is 14.4. The Kier molecular flexibility index (Phi) is 4.99. The molecule has 0 aliphatic heterocycles. The van der Waals surface area contributed by atoms with Crippen molar-refractivity contribution in [3.63, 3.8) is 0 Å². The van der Waals surface area contributed by atoms with Gasteiger partial charge >= 0.3 is 11.1 Å². The van der Waals surface area contributed by atoms with Crippen LogP contribution < -0.4 is 16.4 Å². The van der Waals surface area contributed by atoms with Crippen LogP contribution in [0.3, 0.4) is 0 Å². The zero-order chi connectivity index (χ0) is 19.6. The third-order valence-electron chi connectivity index (χ3n) is 3.70. The first kappa shape index (κ1) is 18.3. The van der Waals surface area contributed by atoms with Crippen LogP contribution in [0.2, 0.25) is 5.15 Å². The van der Waals surface area contributed by atoms with Crippen LogP contribution in [0.25, 0.3) is 11.2 Å². The molecule has 0 bridgehead atoms. The van der Waals surface area contributed by atoms with Crippen molar-refractivity contribution < 1.29 is 9.72 Å². The van der Waals surface area contributed by atoms with E-state index in [0.29, 0.717) is 5.69 Å². The summed E-state index contributed by atoms with van der Waals surface area (Å²) < 4.78 is 0.861. The summed E-state index contributed by atoms with van der Waals surface area (Å²) in [6.45, 7) is -0.248. The number of aromatic nitrogens is 3. The second kappa shape index (κ2) is 7.38. The molecule has 0 aliphatic rings. The Morgan fingerprint density at radius 2 is 2.00 bits per heavy atom. The van der Waals surface area contributed by atoms with Gasteiger partial charge in [0.1, 0.15) is 5.15 Å². The highest BCUT2D eigenvalue weighted by atomic mass is 35.5. The Bertz CT molecular complexity index is 1160. The highest BCUT2D eigenvalue weighted by Crippen LogP contribution is 2.24. The predicted molar refractivity (Wildman–Crippen MR) is 98.0 cm³/mol. The number of hydrogen-bond donors (Lipinski definition) is 2. The number of para-hydroxylation sites is 1. The number of fused-ring (bicyclic) bond motifs is 1. The van der Waals surface area contributed by atoms with E-state index in [0.717, 1.165) is 10.6 Å². The number of carbonyl (C=O) groups is 1. The number of aromatic amines is 1. The van der Waals surface area contributed by atoms with Gasteiger partial charge in [0, 0.05) is 18.7 Å². The molecule has 0 saturated heterocycles. The summed E-state index contributed by atoms with van der Waals surface area (Å²) in [5.41, 5.74) is -2.40. The highest BCUT2D eigenvalue weighted by molar-refractivity contribution is 6.30. The minimum Gasteiger partial charge on any atom is -0.326 e. The van der Waals surface area contributed by atoms with Crippen molar-refractivity contribution in [3.8, 4) is 0 Å². The molecule has 0 unspecified atom stereocenters. The van der Waals surface area contributed by atoms with Crippen LogP contribution in [0.1, 0.15) is 6.42 Å². The number of nitro groups is 1. The van der Waals surface area contributed by atoms with E-state index < -0.39 is 27.6 Å². The van der Waals surface area contributed by atoms with E-state index in [1.54, 1.807) is 30.3 Å². The highest BCUT2D eigenvalue weighted by Gasteiger charge is 2.21. The molecule has 0 aliphatic carbocycles. The fourth-order valence-electron chi connectivity index (χ4n) is 2.54. The molecule has 0 radical (unpaired) electrons. The van der Waals surface area contributed by atoms with Gasteiger partial charge in [-0.05, 0) is 12.1 Å². The zero-order valence-electron chi connectivity index (χ0n) is 13.6. The van der Waals surface area contributed by atoms with E-state index in [2.05, 4.69) is 15.3 Å². The number of hydrogen-bond acceptors (Lipinski definition) is 6. The number of halogens is 1. The summed E-state index contributed by atoms with van der Waals surface area (Å²) in [7, 11) is 0. The SMILES string of the molecule is O=C(CCn1c(=O)c(=O)[nH]c2nc(Cl)cc([N+](=O)[O-])c21)Nc1ccccc1. The van der Waals surface area contributed by atoms with E-state index in [4.69, 9.17) is 11.6 Å². The fourth-order valence-corrected chi connectivity index (χ4v) is 2.73. The van der Waals surface area contributed by atoms with Gasteiger partial charge in [-0.15, -0.1) is 0 Å². The smallest absolute Gasteiger partial charge is 0.317 e. The number of nitrogens with zero attached hydrogens (tertiary/aromatic N) is 3. The maximum absolute atomic E-state index is 12.2. The van der Waals surface area contributed by atoms with Gasteiger partial charge in [0.05, 0.1) is 11.0 Å².